The molecule has 1 aromatic rings. The van der Waals surface area contributed by atoms with Gasteiger partial charge in [0.15, 0.2) is 0 Å². The van der Waals surface area contributed by atoms with Gasteiger partial charge in [-0.2, -0.15) is 0 Å². The molecule has 0 saturated carbocycles. The Kier molecular flexibility index (Phi) is 8.83. The van der Waals surface area contributed by atoms with Crippen molar-refractivity contribution >= 4 is 21.6 Å². The smallest absolute Gasteiger partial charge is 0.150 e. The van der Waals surface area contributed by atoms with Crippen LogP contribution in [0.4, 0.5) is 14.5 Å². The molecule has 0 radical (unpaired) electrons. The molecule has 1 aromatic carbocycles. The Morgan fingerprint density at radius 1 is 0.950 bits per heavy atom. The van der Waals surface area contributed by atoms with Crippen LogP contribution in [0.25, 0.3) is 0 Å². The molecule has 0 aromatic heterocycles. The molecule has 0 heterocycles. The number of anilines is 1. The lowest BCUT2D eigenvalue weighted by atomic mass is 10.1. The van der Waals surface area contributed by atoms with Crippen LogP contribution in [0.1, 0.15) is 58.3 Å². The van der Waals surface area contributed by atoms with Gasteiger partial charge in [0, 0.05) is 17.1 Å². The van der Waals surface area contributed by atoms with Crippen LogP contribution in [0.15, 0.2) is 16.6 Å². The molecule has 20 heavy (non-hydrogen) atoms. The van der Waals surface area contributed by atoms with Gasteiger partial charge >= 0.3 is 0 Å². The number of unbranched alkanes of at least 4 members (excludes halogenated alkanes) is 7. The summed E-state index contributed by atoms with van der Waals surface area (Å²) in [5, 5.41) is 3.03. The third kappa shape index (κ3) is 6.69. The standard InChI is InChI=1S/C16H24BrF2N/c1-2-3-4-5-6-7-8-9-10-20-16-14(17)11-13(18)12-15(16)19/h11-12,20H,2-10H2,1H3. The van der Waals surface area contributed by atoms with Gasteiger partial charge in [0.1, 0.15) is 11.6 Å². The van der Waals surface area contributed by atoms with Crippen molar-refractivity contribution < 1.29 is 8.78 Å². The first kappa shape index (κ1) is 17.4. The lowest BCUT2D eigenvalue weighted by Gasteiger charge is -2.09. The van der Waals surface area contributed by atoms with Gasteiger partial charge < -0.3 is 5.32 Å². The van der Waals surface area contributed by atoms with E-state index in [9.17, 15) is 8.78 Å². The SMILES string of the molecule is CCCCCCCCCCNc1c(F)cc(F)cc1Br. The lowest BCUT2D eigenvalue weighted by molar-refractivity contribution is 0.576. The third-order valence-corrected chi connectivity index (χ3v) is 3.96. The summed E-state index contributed by atoms with van der Waals surface area (Å²) >= 11 is 3.17. The van der Waals surface area contributed by atoms with E-state index in [1.165, 1.54) is 44.6 Å². The minimum absolute atomic E-state index is 0.356. The maximum Gasteiger partial charge on any atom is 0.150 e. The number of halogens is 3. The van der Waals surface area contributed by atoms with E-state index in [0.717, 1.165) is 25.5 Å². The van der Waals surface area contributed by atoms with Gasteiger partial charge in [-0.25, -0.2) is 8.78 Å². The summed E-state index contributed by atoms with van der Waals surface area (Å²) in [7, 11) is 0. The second-order valence-electron chi connectivity index (χ2n) is 5.15. The highest BCUT2D eigenvalue weighted by Crippen LogP contribution is 2.26. The summed E-state index contributed by atoms with van der Waals surface area (Å²) in [6.07, 6.45) is 9.95. The first-order valence-corrected chi connectivity index (χ1v) is 8.33. The van der Waals surface area contributed by atoms with Gasteiger partial charge in [0.05, 0.1) is 5.69 Å². The van der Waals surface area contributed by atoms with Crippen LogP contribution in [0.5, 0.6) is 0 Å². The van der Waals surface area contributed by atoms with E-state index in [-0.39, 0.29) is 0 Å². The minimum atomic E-state index is -0.563. The van der Waals surface area contributed by atoms with Crippen molar-refractivity contribution in [1.82, 2.24) is 0 Å². The quantitative estimate of drug-likeness (QED) is 0.491. The summed E-state index contributed by atoms with van der Waals surface area (Å²) in [5.41, 5.74) is 0.356. The molecular formula is C16H24BrF2N. The van der Waals surface area contributed by atoms with Crippen LogP contribution >= 0.6 is 15.9 Å². The highest BCUT2D eigenvalue weighted by Gasteiger charge is 2.08. The van der Waals surface area contributed by atoms with E-state index in [4.69, 9.17) is 0 Å². The van der Waals surface area contributed by atoms with E-state index < -0.39 is 11.6 Å². The summed E-state index contributed by atoms with van der Waals surface area (Å²) < 4.78 is 26.9. The molecule has 0 aliphatic heterocycles. The highest BCUT2D eigenvalue weighted by molar-refractivity contribution is 9.10. The normalized spacial score (nSPS) is 10.8. The number of nitrogens with one attached hydrogen (secondary N) is 1. The Morgan fingerprint density at radius 2 is 1.55 bits per heavy atom. The average Bonchev–Trinajstić information content (AvgIpc) is 2.39. The van der Waals surface area contributed by atoms with E-state index >= 15 is 0 Å². The molecule has 4 heteroatoms. The molecule has 1 nitrogen and oxygen atoms in total. The van der Waals surface area contributed by atoms with Crippen LogP contribution in [-0.4, -0.2) is 6.54 Å². The van der Waals surface area contributed by atoms with Crippen molar-refractivity contribution in [3.8, 4) is 0 Å². The largest absolute Gasteiger partial charge is 0.382 e. The molecule has 0 aliphatic carbocycles. The molecule has 0 amide bonds. The summed E-state index contributed by atoms with van der Waals surface area (Å²) in [6.45, 7) is 2.94. The molecule has 0 spiro atoms. The zero-order chi connectivity index (χ0) is 14.8. The number of hydrogen-bond donors (Lipinski definition) is 1. The van der Waals surface area contributed by atoms with Gasteiger partial charge in [-0.1, -0.05) is 51.9 Å². The van der Waals surface area contributed by atoms with Crippen LogP contribution in [-0.2, 0) is 0 Å². The first-order valence-electron chi connectivity index (χ1n) is 7.53. The maximum absolute atomic E-state index is 13.5. The van der Waals surface area contributed by atoms with E-state index in [1.54, 1.807) is 0 Å². The first-order chi connectivity index (χ1) is 9.65. The maximum atomic E-state index is 13.5. The van der Waals surface area contributed by atoms with Crippen molar-refractivity contribution in [1.29, 1.82) is 0 Å². The van der Waals surface area contributed by atoms with Crippen molar-refractivity contribution in [2.75, 3.05) is 11.9 Å². The molecule has 0 saturated heterocycles. The summed E-state index contributed by atoms with van der Waals surface area (Å²) in [5.74, 6) is -1.11. The van der Waals surface area contributed by atoms with Crippen LogP contribution in [0, 0.1) is 11.6 Å². The second-order valence-corrected chi connectivity index (χ2v) is 6.00. The molecule has 0 fully saturated rings. The third-order valence-electron chi connectivity index (χ3n) is 3.34. The summed E-state index contributed by atoms with van der Waals surface area (Å²) in [6, 6.07) is 2.18. The van der Waals surface area contributed by atoms with Gasteiger partial charge in [-0.3, -0.25) is 0 Å². The number of rotatable bonds is 10. The highest BCUT2D eigenvalue weighted by atomic mass is 79.9. The van der Waals surface area contributed by atoms with Crippen molar-refractivity contribution in [2.45, 2.75) is 58.3 Å². The Hall–Kier alpha value is -0.640. The van der Waals surface area contributed by atoms with Gasteiger partial charge in [0.2, 0.25) is 0 Å². The fraction of sp³-hybridized carbons (Fsp3) is 0.625. The molecule has 0 bridgehead atoms. The minimum Gasteiger partial charge on any atom is -0.382 e. The molecule has 114 valence electrons. The Bertz CT molecular complexity index is 373. The predicted molar refractivity (Wildman–Crippen MR) is 85.2 cm³/mol. The molecule has 0 atom stereocenters. The zero-order valence-electron chi connectivity index (χ0n) is 12.2. The van der Waals surface area contributed by atoms with E-state index in [2.05, 4.69) is 28.2 Å². The fourth-order valence-electron chi connectivity index (χ4n) is 2.18. The summed E-state index contributed by atoms with van der Waals surface area (Å²) in [4.78, 5) is 0. The molecule has 0 aliphatic rings. The van der Waals surface area contributed by atoms with Gasteiger partial charge in [-0.15, -0.1) is 0 Å². The number of hydrogen-bond acceptors (Lipinski definition) is 1. The van der Waals surface area contributed by atoms with Crippen LogP contribution < -0.4 is 5.32 Å². The monoisotopic (exact) mass is 347 g/mol. The van der Waals surface area contributed by atoms with Crippen molar-refractivity contribution in [3.05, 3.63) is 28.2 Å². The Morgan fingerprint density at radius 3 is 2.15 bits per heavy atom. The second kappa shape index (κ2) is 10.1. The molecule has 1 N–H and O–H groups in total. The van der Waals surface area contributed by atoms with E-state index in [1.807, 2.05) is 0 Å². The van der Waals surface area contributed by atoms with E-state index in [0.29, 0.717) is 10.2 Å². The number of benzene rings is 1. The van der Waals surface area contributed by atoms with Crippen molar-refractivity contribution in [2.24, 2.45) is 0 Å². The predicted octanol–water partition coefficient (Wildman–Crippen LogP) is 6.28. The molecule has 1 rings (SSSR count). The molecular weight excluding hydrogens is 324 g/mol. The topological polar surface area (TPSA) is 12.0 Å². The lowest BCUT2D eigenvalue weighted by Crippen LogP contribution is -2.04. The Labute approximate surface area is 129 Å². The van der Waals surface area contributed by atoms with Gasteiger partial charge in [0.25, 0.3) is 0 Å². The molecule has 0 unspecified atom stereocenters. The van der Waals surface area contributed by atoms with Gasteiger partial charge in [-0.05, 0) is 28.4 Å². The van der Waals surface area contributed by atoms with Crippen molar-refractivity contribution in [3.63, 3.8) is 0 Å². The fourth-order valence-corrected chi connectivity index (χ4v) is 2.73. The average molecular weight is 348 g/mol. The van der Waals surface area contributed by atoms with Crippen LogP contribution in [0.2, 0.25) is 0 Å². The Balaban J connectivity index is 2.13. The zero-order valence-corrected chi connectivity index (χ0v) is 13.7. The van der Waals surface area contributed by atoms with Crippen LogP contribution in [0.3, 0.4) is 0 Å².